The predicted octanol–water partition coefficient (Wildman–Crippen LogP) is 5.07. The van der Waals surface area contributed by atoms with Crippen LogP contribution in [0.1, 0.15) is 42.1 Å². The third kappa shape index (κ3) is 3.72. The highest BCUT2D eigenvalue weighted by Crippen LogP contribution is 2.39. The summed E-state index contributed by atoms with van der Waals surface area (Å²) in [5.41, 5.74) is 4.27. The van der Waals surface area contributed by atoms with E-state index in [-0.39, 0.29) is 11.7 Å². The molecule has 3 heterocycles. The zero-order valence-corrected chi connectivity index (χ0v) is 19.6. The van der Waals surface area contributed by atoms with Crippen molar-refractivity contribution in [2.75, 3.05) is 11.1 Å². The molecule has 3 aromatic heterocycles. The van der Waals surface area contributed by atoms with Crippen LogP contribution >= 0.6 is 23.1 Å². The summed E-state index contributed by atoms with van der Waals surface area (Å²) in [4.78, 5) is 20.0. The molecule has 0 bridgehead atoms. The van der Waals surface area contributed by atoms with Gasteiger partial charge in [0.2, 0.25) is 5.91 Å². The van der Waals surface area contributed by atoms with E-state index in [0.29, 0.717) is 5.16 Å². The van der Waals surface area contributed by atoms with E-state index in [1.165, 1.54) is 28.6 Å². The SMILES string of the molecule is CCc1ccccc1NC(=O)CSc1nnc2c3c4c(sc3nc(C)n12)C[C@@H](C)CC4. The maximum atomic E-state index is 12.6. The Morgan fingerprint density at radius 2 is 2.16 bits per heavy atom. The number of fused-ring (bicyclic) bond motifs is 5. The molecule has 1 N–H and O–H groups in total. The van der Waals surface area contributed by atoms with Crippen LogP contribution in [0.25, 0.3) is 15.9 Å². The van der Waals surface area contributed by atoms with Gasteiger partial charge < -0.3 is 5.32 Å². The number of benzene rings is 1. The maximum Gasteiger partial charge on any atom is 0.234 e. The van der Waals surface area contributed by atoms with Gasteiger partial charge in [-0.05, 0) is 55.7 Å². The normalized spacial score (nSPS) is 16.0. The Morgan fingerprint density at radius 1 is 1.32 bits per heavy atom. The molecule has 0 saturated heterocycles. The first-order valence-corrected chi connectivity index (χ1v) is 12.5. The first-order chi connectivity index (χ1) is 15.0. The van der Waals surface area contributed by atoms with Crippen LogP contribution in [-0.2, 0) is 24.1 Å². The third-order valence-corrected chi connectivity index (χ3v) is 8.02. The van der Waals surface area contributed by atoms with Gasteiger partial charge in [0.05, 0.1) is 11.1 Å². The van der Waals surface area contributed by atoms with Gasteiger partial charge in [0.15, 0.2) is 10.8 Å². The summed E-state index contributed by atoms with van der Waals surface area (Å²) in [6.07, 6.45) is 4.28. The average Bonchev–Trinajstić information content (AvgIpc) is 3.33. The lowest BCUT2D eigenvalue weighted by Crippen LogP contribution is -2.15. The summed E-state index contributed by atoms with van der Waals surface area (Å²) in [6.45, 7) is 6.39. The molecule has 0 saturated carbocycles. The first-order valence-electron chi connectivity index (χ1n) is 10.7. The number of nitrogens with zero attached hydrogens (tertiary/aromatic N) is 4. The fourth-order valence-electron chi connectivity index (χ4n) is 4.33. The highest BCUT2D eigenvalue weighted by Gasteiger charge is 2.25. The minimum Gasteiger partial charge on any atom is -0.325 e. The van der Waals surface area contributed by atoms with Crippen molar-refractivity contribution in [1.82, 2.24) is 19.6 Å². The van der Waals surface area contributed by atoms with Crippen molar-refractivity contribution in [2.45, 2.75) is 51.6 Å². The molecule has 1 aliphatic carbocycles. The quantitative estimate of drug-likeness (QED) is 0.429. The lowest BCUT2D eigenvalue weighted by molar-refractivity contribution is -0.113. The molecule has 0 aliphatic heterocycles. The molecule has 0 spiro atoms. The first kappa shape index (κ1) is 20.5. The average molecular weight is 452 g/mol. The third-order valence-electron chi connectivity index (χ3n) is 5.94. The molecule has 0 unspecified atom stereocenters. The second-order valence-corrected chi connectivity index (χ2v) is 10.2. The Balaban J connectivity index is 1.42. The predicted molar refractivity (Wildman–Crippen MR) is 127 cm³/mol. The van der Waals surface area contributed by atoms with Crippen LogP contribution in [0, 0.1) is 12.8 Å². The summed E-state index contributed by atoms with van der Waals surface area (Å²) in [6, 6.07) is 7.92. The van der Waals surface area contributed by atoms with Crippen LogP contribution in [0.15, 0.2) is 29.4 Å². The number of aryl methyl sites for hydroxylation is 3. The number of hydrogen-bond donors (Lipinski definition) is 1. The van der Waals surface area contributed by atoms with Gasteiger partial charge in [-0.3, -0.25) is 9.20 Å². The highest BCUT2D eigenvalue weighted by molar-refractivity contribution is 7.99. The van der Waals surface area contributed by atoms with Crippen molar-refractivity contribution in [3.63, 3.8) is 0 Å². The zero-order valence-electron chi connectivity index (χ0n) is 17.9. The maximum absolute atomic E-state index is 12.6. The highest BCUT2D eigenvalue weighted by atomic mass is 32.2. The van der Waals surface area contributed by atoms with Crippen molar-refractivity contribution in [3.05, 3.63) is 46.1 Å². The molecule has 4 aromatic rings. The van der Waals surface area contributed by atoms with E-state index in [4.69, 9.17) is 4.98 Å². The molecule has 6 nitrogen and oxygen atoms in total. The van der Waals surface area contributed by atoms with E-state index >= 15 is 0 Å². The lowest BCUT2D eigenvalue weighted by atomic mass is 9.89. The molecule has 1 aromatic carbocycles. The summed E-state index contributed by atoms with van der Waals surface area (Å²) in [5.74, 6) is 1.81. The summed E-state index contributed by atoms with van der Waals surface area (Å²) in [5, 5.41) is 13.8. The topological polar surface area (TPSA) is 72.2 Å². The Morgan fingerprint density at radius 3 is 3.00 bits per heavy atom. The minimum atomic E-state index is -0.0451. The standard InChI is InChI=1S/C23H25N5OS2/c1-4-15-7-5-6-8-17(15)25-19(29)12-30-23-27-26-21-20-16-10-9-13(2)11-18(16)31-22(20)24-14(3)28(21)23/h5-8,13H,4,9-12H2,1-3H3,(H,25,29)/t13-/m0/s1. The number of amides is 1. The monoisotopic (exact) mass is 451 g/mol. The molecule has 0 radical (unpaired) electrons. The van der Waals surface area contributed by atoms with Crippen LogP contribution in [0.2, 0.25) is 0 Å². The number of nitrogens with one attached hydrogen (secondary N) is 1. The number of anilines is 1. The van der Waals surface area contributed by atoms with Gasteiger partial charge in [0, 0.05) is 10.6 Å². The molecule has 8 heteroatoms. The smallest absolute Gasteiger partial charge is 0.234 e. The van der Waals surface area contributed by atoms with Gasteiger partial charge in [0.25, 0.3) is 0 Å². The van der Waals surface area contributed by atoms with E-state index in [0.717, 1.165) is 58.1 Å². The molecule has 31 heavy (non-hydrogen) atoms. The number of rotatable bonds is 5. The second kappa shape index (κ2) is 8.24. The fourth-order valence-corrected chi connectivity index (χ4v) is 6.53. The second-order valence-electron chi connectivity index (χ2n) is 8.18. The summed E-state index contributed by atoms with van der Waals surface area (Å²) < 4.78 is 2.01. The van der Waals surface area contributed by atoms with E-state index < -0.39 is 0 Å². The van der Waals surface area contributed by atoms with Gasteiger partial charge in [-0.15, -0.1) is 21.5 Å². The van der Waals surface area contributed by atoms with Crippen LogP contribution in [0.5, 0.6) is 0 Å². The van der Waals surface area contributed by atoms with E-state index in [2.05, 4.69) is 29.4 Å². The molecule has 5 rings (SSSR count). The van der Waals surface area contributed by atoms with Gasteiger partial charge in [-0.25, -0.2) is 4.98 Å². The molecular weight excluding hydrogens is 426 g/mol. The molecule has 160 valence electrons. The van der Waals surface area contributed by atoms with Crippen molar-refractivity contribution in [2.24, 2.45) is 5.92 Å². The number of carbonyl (C=O) groups is 1. The van der Waals surface area contributed by atoms with Crippen molar-refractivity contribution >= 4 is 50.6 Å². The van der Waals surface area contributed by atoms with E-state index in [1.54, 1.807) is 11.3 Å². The van der Waals surface area contributed by atoms with Crippen LogP contribution in [0.4, 0.5) is 5.69 Å². The van der Waals surface area contributed by atoms with Crippen LogP contribution in [-0.4, -0.2) is 31.2 Å². The molecule has 0 fully saturated rings. The van der Waals surface area contributed by atoms with E-state index in [9.17, 15) is 4.79 Å². The number of aromatic nitrogens is 4. The molecule has 1 atom stereocenters. The van der Waals surface area contributed by atoms with Crippen molar-refractivity contribution in [1.29, 1.82) is 0 Å². The minimum absolute atomic E-state index is 0.0451. The summed E-state index contributed by atoms with van der Waals surface area (Å²) in [7, 11) is 0. The summed E-state index contributed by atoms with van der Waals surface area (Å²) >= 11 is 3.20. The number of para-hydroxylation sites is 1. The van der Waals surface area contributed by atoms with Gasteiger partial charge >= 0.3 is 0 Å². The van der Waals surface area contributed by atoms with Crippen LogP contribution in [0.3, 0.4) is 0 Å². The lowest BCUT2D eigenvalue weighted by Gasteiger charge is -2.17. The van der Waals surface area contributed by atoms with Gasteiger partial charge in [-0.2, -0.15) is 0 Å². The number of hydrogen-bond acceptors (Lipinski definition) is 6. The fraction of sp³-hybridized carbons (Fsp3) is 0.391. The van der Waals surface area contributed by atoms with Crippen molar-refractivity contribution in [3.8, 4) is 0 Å². The largest absolute Gasteiger partial charge is 0.325 e. The van der Waals surface area contributed by atoms with Gasteiger partial charge in [0.1, 0.15) is 10.7 Å². The Kier molecular flexibility index (Phi) is 5.44. The van der Waals surface area contributed by atoms with Crippen molar-refractivity contribution < 1.29 is 4.79 Å². The molecule has 1 aliphatic rings. The number of carbonyl (C=O) groups excluding carboxylic acids is 1. The zero-order chi connectivity index (χ0) is 21.5. The molecular formula is C23H25N5OS2. The Hall–Kier alpha value is -2.45. The number of thiophene rings is 1. The van der Waals surface area contributed by atoms with Crippen LogP contribution < -0.4 is 5.32 Å². The Labute approximate surface area is 189 Å². The number of thioether (sulfide) groups is 1. The van der Waals surface area contributed by atoms with Gasteiger partial charge in [-0.1, -0.05) is 43.8 Å². The molecule has 1 amide bonds. The van der Waals surface area contributed by atoms with E-state index in [1.807, 2.05) is 35.6 Å². The Bertz CT molecular complexity index is 1290.